The maximum Gasteiger partial charge on any atom is 0.307 e. The summed E-state index contributed by atoms with van der Waals surface area (Å²) in [4.78, 5) is 23.7. The molecule has 138 valence electrons. The zero-order chi connectivity index (χ0) is 19.2. The molecule has 0 aliphatic heterocycles. The van der Waals surface area contributed by atoms with Crippen LogP contribution in [0.2, 0.25) is 0 Å². The number of nitrogens with one attached hydrogen (secondary N) is 1. The Balaban J connectivity index is 1.85. The summed E-state index contributed by atoms with van der Waals surface area (Å²) in [6, 6.07) is 13.0. The maximum atomic E-state index is 12.9. The van der Waals surface area contributed by atoms with E-state index in [1.54, 1.807) is 30.3 Å². The van der Waals surface area contributed by atoms with Crippen LogP contribution in [0, 0.1) is 5.82 Å². The van der Waals surface area contributed by atoms with E-state index in [4.69, 9.17) is 4.74 Å². The highest BCUT2D eigenvalue weighted by atomic mass is 32.2. The number of carbonyl (C=O) groups is 2. The lowest BCUT2D eigenvalue weighted by atomic mass is 10.3. The highest BCUT2D eigenvalue weighted by Crippen LogP contribution is 2.13. The fourth-order valence-electron chi connectivity index (χ4n) is 2.05. The van der Waals surface area contributed by atoms with Crippen LogP contribution in [-0.4, -0.2) is 32.2 Å². The van der Waals surface area contributed by atoms with Gasteiger partial charge in [-0.25, -0.2) is 12.8 Å². The Morgan fingerprint density at radius 3 is 2.31 bits per heavy atom. The van der Waals surface area contributed by atoms with Gasteiger partial charge in [-0.15, -0.1) is 0 Å². The number of hydrogen-bond acceptors (Lipinski definition) is 5. The number of hydrogen-bond donors (Lipinski definition) is 1. The summed E-state index contributed by atoms with van der Waals surface area (Å²) in [5.41, 5.74) is 0.555. The van der Waals surface area contributed by atoms with Crippen LogP contribution in [0.15, 0.2) is 59.5 Å². The van der Waals surface area contributed by atoms with Crippen molar-refractivity contribution in [2.75, 3.05) is 11.1 Å². The Morgan fingerprint density at radius 2 is 1.69 bits per heavy atom. The van der Waals surface area contributed by atoms with Gasteiger partial charge in [0.2, 0.25) is 0 Å². The lowest BCUT2D eigenvalue weighted by molar-refractivity contribution is -0.152. The van der Waals surface area contributed by atoms with Crippen molar-refractivity contribution in [1.82, 2.24) is 0 Å². The average Bonchev–Trinajstić information content (AvgIpc) is 2.61. The number of esters is 1. The molecular weight excluding hydrogens is 361 g/mol. The fraction of sp³-hybridized carbons (Fsp3) is 0.222. The van der Waals surface area contributed by atoms with Crippen LogP contribution >= 0.6 is 0 Å². The maximum absolute atomic E-state index is 12.9. The van der Waals surface area contributed by atoms with Crippen LogP contribution in [0.1, 0.15) is 13.3 Å². The van der Waals surface area contributed by atoms with Crippen LogP contribution in [0.25, 0.3) is 0 Å². The lowest BCUT2D eigenvalue weighted by Gasteiger charge is -2.13. The smallest absolute Gasteiger partial charge is 0.307 e. The summed E-state index contributed by atoms with van der Waals surface area (Å²) in [6.45, 7) is 1.39. The first-order valence-electron chi connectivity index (χ1n) is 7.81. The van der Waals surface area contributed by atoms with E-state index >= 15 is 0 Å². The Kier molecular flexibility index (Phi) is 6.46. The van der Waals surface area contributed by atoms with E-state index in [2.05, 4.69) is 5.32 Å². The molecule has 26 heavy (non-hydrogen) atoms. The predicted molar refractivity (Wildman–Crippen MR) is 93.7 cm³/mol. The molecule has 1 atom stereocenters. The number of benzene rings is 2. The summed E-state index contributed by atoms with van der Waals surface area (Å²) < 4.78 is 42.0. The fourth-order valence-corrected chi connectivity index (χ4v) is 3.27. The highest BCUT2D eigenvalue weighted by Gasteiger charge is 2.21. The predicted octanol–water partition coefficient (Wildman–Crippen LogP) is 2.56. The van der Waals surface area contributed by atoms with Gasteiger partial charge in [0.1, 0.15) is 5.82 Å². The van der Waals surface area contributed by atoms with E-state index in [1.165, 1.54) is 6.92 Å². The quantitative estimate of drug-likeness (QED) is 0.590. The molecule has 0 heterocycles. The van der Waals surface area contributed by atoms with Gasteiger partial charge in [0.05, 0.1) is 17.1 Å². The van der Waals surface area contributed by atoms with Crippen molar-refractivity contribution in [1.29, 1.82) is 0 Å². The van der Waals surface area contributed by atoms with Gasteiger partial charge in [0.25, 0.3) is 5.91 Å². The minimum Gasteiger partial charge on any atom is -0.453 e. The second kappa shape index (κ2) is 8.57. The van der Waals surface area contributed by atoms with Crippen LogP contribution in [-0.2, 0) is 24.2 Å². The summed E-state index contributed by atoms with van der Waals surface area (Å²) >= 11 is 0. The van der Waals surface area contributed by atoms with E-state index in [0.29, 0.717) is 5.69 Å². The molecule has 0 unspecified atom stereocenters. The van der Waals surface area contributed by atoms with Gasteiger partial charge in [-0.2, -0.15) is 0 Å². The van der Waals surface area contributed by atoms with Gasteiger partial charge in [0.15, 0.2) is 15.9 Å². The number of amides is 1. The summed E-state index contributed by atoms with van der Waals surface area (Å²) in [5.74, 6) is -2.39. The van der Waals surface area contributed by atoms with Crippen molar-refractivity contribution in [3.63, 3.8) is 0 Å². The van der Waals surface area contributed by atoms with E-state index < -0.39 is 45.8 Å². The number of ether oxygens (including phenoxy) is 1. The number of sulfone groups is 1. The molecule has 0 aliphatic rings. The van der Waals surface area contributed by atoms with Gasteiger partial charge in [-0.05, 0) is 43.3 Å². The normalized spacial score (nSPS) is 12.2. The third kappa shape index (κ3) is 5.66. The lowest BCUT2D eigenvalue weighted by Crippen LogP contribution is -2.30. The zero-order valence-corrected chi connectivity index (χ0v) is 14.8. The third-order valence-electron chi connectivity index (χ3n) is 3.47. The summed E-state index contributed by atoms with van der Waals surface area (Å²) in [5, 5.41) is 2.58. The first-order chi connectivity index (χ1) is 12.3. The van der Waals surface area contributed by atoms with Crippen molar-refractivity contribution in [3.05, 3.63) is 60.4 Å². The highest BCUT2D eigenvalue weighted by molar-refractivity contribution is 7.91. The van der Waals surface area contributed by atoms with Crippen molar-refractivity contribution in [2.24, 2.45) is 0 Å². The van der Waals surface area contributed by atoms with Crippen LogP contribution in [0.5, 0.6) is 0 Å². The number of anilines is 1. The SMILES string of the molecule is C[C@@H](OC(=O)CCS(=O)(=O)c1ccc(F)cc1)C(=O)Nc1ccccc1. The monoisotopic (exact) mass is 379 g/mol. The van der Waals surface area contributed by atoms with Crippen LogP contribution in [0.3, 0.4) is 0 Å². The van der Waals surface area contributed by atoms with Crippen molar-refractivity contribution >= 4 is 27.4 Å². The Hall–Kier alpha value is -2.74. The Bertz CT molecular complexity index is 866. The van der Waals surface area contributed by atoms with Gasteiger partial charge in [-0.1, -0.05) is 18.2 Å². The Morgan fingerprint density at radius 1 is 1.08 bits per heavy atom. The molecule has 6 nitrogen and oxygen atoms in total. The summed E-state index contributed by atoms with van der Waals surface area (Å²) in [7, 11) is -3.74. The van der Waals surface area contributed by atoms with Crippen LogP contribution in [0.4, 0.5) is 10.1 Å². The Labute approximate surface area is 150 Å². The van der Waals surface area contributed by atoms with Gasteiger partial charge < -0.3 is 10.1 Å². The molecule has 1 N–H and O–H groups in total. The molecule has 0 radical (unpaired) electrons. The topological polar surface area (TPSA) is 89.5 Å². The van der Waals surface area contributed by atoms with Gasteiger partial charge in [-0.3, -0.25) is 9.59 Å². The number of para-hydroxylation sites is 1. The molecular formula is C18H18FNO5S. The molecule has 8 heteroatoms. The summed E-state index contributed by atoms with van der Waals surface area (Å²) in [6.07, 6.45) is -1.49. The molecule has 2 rings (SSSR count). The minimum absolute atomic E-state index is 0.0819. The van der Waals surface area contributed by atoms with E-state index in [-0.39, 0.29) is 4.90 Å². The largest absolute Gasteiger partial charge is 0.453 e. The second-order valence-corrected chi connectivity index (χ2v) is 7.62. The van der Waals surface area contributed by atoms with Crippen molar-refractivity contribution < 1.29 is 27.1 Å². The number of carbonyl (C=O) groups excluding carboxylic acids is 2. The molecule has 0 spiro atoms. The number of rotatable bonds is 7. The minimum atomic E-state index is -3.74. The van der Waals surface area contributed by atoms with Crippen LogP contribution < -0.4 is 5.32 Å². The molecule has 0 saturated heterocycles. The van der Waals surface area contributed by atoms with Crippen molar-refractivity contribution in [3.8, 4) is 0 Å². The van der Waals surface area contributed by atoms with Gasteiger partial charge in [0, 0.05) is 5.69 Å². The molecule has 0 fully saturated rings. The molecule has 0 aromatic heterocycles. The average molecular weight is 379 g/mol. The molecule has 0 bridgehead atoms. The zero-order valence-electron chi connectivity index (χ0n) is 14.0. The van der Waals surface area contributed by atoms with Gasteiger partial charge >= 0.3 is 5.97 Å². The van der Waals surface area contributed by atoms with E-state index in [1.807, 2.05) is 0 Å². The van der Waals surface area contributed by atoms with Crippen molar-refractivity contribution in [2.45, 2.75) is 24.3 Å². The van der Waals surface area contributed by atoms with E-state index in [0.717, 1.165) is 24.3 Å². The third-order valence-corrected chi connectivity index (χ3v) is 5.20. The standard InChI is InChI=1S/C18H18FNO5S/c1-13(18(22)20-15-5-3-2-4-6-15)25-17(21)11-12-26(23,24)16-9-7-14(19)8-10-16/h2-10,13H,11-12H2,1H3,(H,20,22)/t13-/m1/s1. The first-order valence-corrected chi connectivity index (χ1v) is 9.47. The molecule has 0 aliphatic carbocycles. The molecule has 0 saturated carbocycles. The molecule has 2 aromatic rings. The second-order valence-electron chi connectivity index (χ2n) is 5.51. The molecule has 1 amide bonds. The first kappa shape index (κ1) is 19.6. The molecule has 2 aromatic carbocycles. The number of halogens is 1. The van der Waals surface area contributed by atoms with E-state index in [9.17, 15) is 22.4 Å².